The van der Waals surface area contributed by atoms with Crippen molar-refractivity contribution in [3.05, 3.63) is 58.8 Å². The second kappa shape index (κ2) is 11.0. The summed E-state index contributed by atoms with van der Waals surface area (Å²) in [5.74, 6) is 2.39. The minimum atomic E-state index is -0.248. The largest absolute Gasteiger partial charge is 0.493 e. The van der Waals surface area contributed by atoms with Crippen LogP contribution in [0.25, 0.3) is 6.08 Å². The molecule has 1 fully saturated rings. The SMILES string of the molecule is CCOc1cc(/C=C2\NC(=S)NC2=O)ccc1OCCCOc1cc(C)ccc1C(C)C. The highest BCUT2D eigenvalue weighted by Gasteiger charge is 2.20. The van der Waals surface area contributed by atoms with Crippen molar-refractivity contribution in [3.63, 3.8) is 0 Å². The summed E-state index contributed by atoms with van der Waals surface area (Å²) < 4.78 is 17.7. The summed E-state index contributed by atoms with van der Waals surface area (Å²) in [5, 5.41) is 5.69. The Morgan fingerprint density at radius 1 is 0.969 bits per heavy atom. The number of ether oxygens (including phenoxy) is 3. The van der Waals surface area contributed by atoms with Gasteiger partial charge in [0.25, 0.3) is 5.91 Å². The van der Waals surface area contributed by atoms with Crippen LogP contribution in [-0.4, -0.2) is 30.8 Å². The van der Waals surface area contributed by atoms with Crippen LogP contribution in [0, 0.1) is 6.92 Å². The summed E-state index contributed by atoms with van der Waals surface area (Å²) in [6, 6.07) is 11.9. The average molecular weight is 455 g/mol. The summed E-state index contributed by atoms with van der Waals surface area (Å²) in [6.45, 7) is 9.89. The van der Waals surface area contributed by atoms with Crippen LogP contribution in [0.15, 0.2) is 42.1 Å². The highest BCUT2D eigenvalue weighted by Crippen LogP contribution is 2.30. The highest BCUT2D eigenvalue weighted by molar-refractivity contribution is 7.80. The van der Waals surface area contributed by atoms with Crippen LogP contribution >= 0.6 is 12.2 Å². The zero-order valence-corrected chi connectivity index (χ0v) is 19.8. The highest BCUT2D eigenvalue weighted by atomic mass is 32.1. The molecule has 0 bridgehead atoms. The molecule has 0 spiro atoms. The summed E-state index contributed by atoms with van der Waals surface area (Å²) >= 11 is 4.97. The molecule has 2 N–H and O–H groups in total. The molecule has 0 unspecified atom stereocenters. The molecule has 0 aromatic heterocycles. The van der Waals surface area contributed by atoms with Crippen molar-refractivity contribution in [1.82, 2.24) is 10.6 Å². The van der Waals surface area contributed by atoms with Crippen molar-refractivity contribution >= 4 is 29.3 Å². The van der Waals surface area contributed by atoms with Gasteiger partial charge in [0.05, 0.1) is 19.8 Å². The van der Waals surface area contributed by atoms with Crippen molar-refractivity contribution in [2.75, 3.05) is 19.8 Å². The number of benzene rings is 2. The van der Waals surface area contributed by atoms with E-state index < -0.39 is 0 Å². The fraction of sp³-hybridized carbons (Fsp3) is 0.360. The summed E-state index contributed by atoms with van der Waals surface area (Å²) in [4.78, 5) is 11.9. The summed E-state index contributed by atoms with van der Waals surface area (Å²) in [7, 11) is 0. The second-order valence-electron chi connectivity index (χ2n) is 7.85. The van der Waals surface area contributed by atoms with Crippen LogP contribution < -0.4 is 24.8 Å². The van der Waals surface area contributed by atoms with E-state index >= 15 is 0 Å². The molecule has 6 nitrogen and oxygen atoms in total. The van der Waals surface area contributed by atoms with Gasteiger partial charge < -0.3 is 19.5 Å². The van der Waals surface area contributed by atoms with Gasteiger partial charge in [-0.2, -0.15) is 0 Å². The molecule has 7 heteroatoms. The van der Waals surface area contributed by atoms with Crippen molar-refractivity contribution in [1.29, 1.82) is 0 Å². The Kier molecular flexibility index (Phi) is 8.11. The lowest BCUT2D eigenvalue weighted by molar-refractivity contribution is -0.115. The first-order valence-electron chi connectivity index (χ1n) is 10.8. The van der Waals surface area contributed by atoms with Gasteiger partial charge in [0, 0.05) is 6.42 Å². The number of amides is 1. The third kappa shape index (κ3) is 6.23. The smallest absolute Gasteiger partial charge is 0.273 e. The fourth-order valence-corrected chi connectivity index (χ4v) is 3.52. The van der Waals surface area contributed by atoms with E-state index in [0.29, 0.717) is 48.0 Å². The van der Waals surface area contributed by atoms with Crippen LogP contribution in [-0.2, 0) is 4.79 Å². The number of carbonyl (C=O) groups excluding carboxylic acids is 1. The maximum absolute atomic E-state index is 11.9. The van der Waals surface area contributed by atoms with Gasteiger partial charge in [-0.15, -0.1) is 0 Å². The van der Waals surface area contributed by atoms with E-state index in [1.54, 1.807) is 6.08 Å². The Morgan fingerprint density at radius 2 is 1.72 bits per heavy atom. The minimum Gasteiger partial charge on any atom is -0.493 e. The predicted octanol–water partition coefficient (Wildman–Crippen LogP) is 4.71. The van der Waals surface area contributed by atoms with E-state index in [1.165, 1.54) is 11.1 Å². The van der Waals surface area contributed by atoms with E-state index in [2.05, 4.69) is 49.6 Å². The minimum absolute atomic E-state index is 0.248. The molecule has 0 atom stereocenters. The molecular weight excluding hydrogens is 424 g/mol. The third-order valence-corrected chi connectivity index (χ3v) is 5.10. The van der Waals surface area contributed by atoms with Crippen LogP contribution in [0.5, 0.6) is 17.2 Å². The lowest BCUT2D eigenvalue weighted by atomic mass is 10.0. The lowest BCUT2D eigenvalue weighted by Gasteiger charge is -2.16. The van der Waals surface area contributed by atoms with Crippen molar-refractivity contribution in [2.45, 2.75) is 40.0 Å². The van der Waals surface area contributed by atoms with Gasteiger partial charge in [0.1, 0.15) is 11.4 Å². The number of thiocarbonyl (C=S) groups is 1. The third-order valence-electron chi connectivity index (χ3n) is 4.89. The zero-order chi connectivity index (χ0) is 23.1. The topological polar surface area (TPSA) is 68.8 Å². The van der Waals surface area contributed by atoms with Crippen molar-refractivity contribution in [2.24, 2.45) is 0 Å². The first kappa shape index (κ1) is 23.6. The standard InChI is InChI=1S/C25H30N2O4S/c1-5-29-23-15-18(14-20-24(28)27-25(32)26-20)8-10-21(23)30-11-6-12-31-22-13-17(4)7-9-19(22)16(2)3/h7-10,13-16H,5-6,11-12H2,1-4H3,(H2,26,27,28,32)/b20-14-. The molecule has 3 rings (SSSR count). The number of hydrogen-bond acceptors (Lipinski definition) is 5. The summed E-state index contributed by atoms with van der Waals surface area (Å²) in [5.41, 5.74) is 3.61. The Morgan fingerprint density at radius 3 is 2.38 bits per heavy atom. The monoisotopic (exact) mass is 454 g/mol. The van der Waals surface area contributed by atoms with Gasteiger partial charge in [0.15, 0.2) is 16.6 Å². The molecule has 1 heterocycles. The van der Waals surface area contributed by atoms with Gasteiger partial charge in [-0.05, 0) is 72.9 Å². The Balaban J connectivity index is 1.58. The molecule has 1 aliphatic heterocycles. The van der Waals surface area contributed by atoms with E-state index in [-0.39, 0.29) is 5.91 Å². The van der Waals surface area contributed by atoms with Gasteiger partial charge in [-0.25, -0.2) is 0 Å². The molecule has 2 aromatic carbocycles. The van der Waals surface area contributed by atoms with E-state index in [4.69, 9.17) is 26.4 Å². The number of nitrogens with one attached hydrogen (secondary N) is 2. The normalized spacial score (nSPS) is 14.5. The van der Waals surface area contributed by atoms with Gasteiger partial charge in [-0.1, -0.05) is 32.0 Å². The van der Waals surface area contributed by atoms with Crippen LogP contribution in [0.1, 0.15) is 49.8 Å². The van der Waals surface area contributed by atoms with Gasteiger partial charge in [0.2, 0.25) is 0 Å². The number of hydrogen-bond donors (Lipinski definition) is 2. The molecule has 2 aromatic rings. The maximum atomic E-state index is 11.9. The first-order chi connectivity index (χ1) is 15.4. The van der Waals surface area contributed by atoms with E-state index in [9.17, 15) is 4.79 Å². The van der Waals surface area contributed by atoms with Crippen LogP contribution in [0.4, 0.5) is 0 Å². The molecule has 1 amide bonds. The Labute approximate surface area is 194 Å². The molecular formula is C25H30N2O4S. The number of aryl methyl sites for hydroxylation is 1. The van der Waals surface area contributed by atoms with Gasteiger partial charge >= 0.3 is 0 Å². The zero-order valence-electron chi connectivity index (χ0n) is 19.0. The van der Waals surface area contributed by atoms with Crippen LogP contribution in [0.2, 0.25) is 0 Å². The molecule has 0 aliphatic carbocycles. The fourth-order valence-electron chi connectivity index (χ4n) is 3.32. The molecule has 170 valence electrons. The van der Waals surface area contributed by atoms with Crippen molar-refractivity contribution in [3.8, 4) is 17.2 Å². The maximum Gasteiger partial charge on any atom is 0.273 e. The average Bonchev–Trinajstić information content (AvgIpc) is 3.05. The Bertz CT molecular complexity index is 1020. The Hall–Kier alpha value is -3.06. The molecule has 1 aliphatic rings. The van der Waals surface area contributed by atoms with Gasteiger partial charge in [-0.3, -0.25) is 10.1 Å². The predicted molar refractivity (Wildman–Crippen MR) is 130 cm³/mol. The number of rotatable bonds is 10. The molecule has 32 heavy (non-hydrogen) atoms. The first-order valence-corrected chi connectivity index (χ1v) is 11.2. The number of carbonyl (C=O) groups is 1. The van der Waals surface area contributed by atoms with Crippen molar-refractivity contribution < 1.29 is 19.0 Å². The second-order valence-corrected chi connectivity index (χ2v) is 8.26. The van der Waals surface area contributed by atoms with E-state index in [0.717, 1.165) is 17.7 Å². The molecule has 0 radical (unpaired) electrons. The quantitative estimate of drug-likeness (QED) is 0.308. The molecule has 0 saturated carbocycles. The lowest BCUT2D eigenvalue weighted by Crippen LogP contribution is -2.21. The van der Waals surface area contributed by atoms with Crippen LogP contribution in [0.3, 0.4) is 0 Å². The molecule has 1 saturated heterocycles. The summed E-state index contributed by atoms with van der Waals surface area (Å²) in [6.07, 6.45) is 2.47. The van der Waals surface area contributed by atoms with E-state index in [1.807, 2.05) is 25.1 Å².